The molecule has 0 radical (unpaired) electrons. The Kier molecular flexibility index (Phi) is 8.48. The van der Waals surface area contributed by atoms with Crippen LogP contribution in [0.5, 0.6) is 0 Å². The molecule has 0 saturated carbocycles. The van der Waals surface area contributed by atoms with Gasteiger partial charge >= 0.3 is 0 Å². The summed E-state index contributed by atoms with van der Waals surface area (Å²) in [6.07, 6.45) is 4.60. The second-order valence-corrected chi connectivity index (χ2v) is 9.04. The number of carbonyl (C=O) groups is 2. The van der Waals surface area contributed by atoms with Gasteiger partial charge in [0.05, 0.1) is 18.0 Å². The Hall–Kier alpha value is -3.96. The molecule has 1 fully saturated rings. The van der Waals surface area contributed by atoms with E-state index in [9.17, 15) is 9.59 Å². The largest absolute Gasteiger partial charge is 0.354 e. The molecule has 0 aliphatic carbocycles. The highest BCUT2D eigenvalue weighted by atomic mass is 16.2. The number of nitrogens with one attached hydrogen (secondary N) is 1. The molecule has 8 heteroatoms. The number of aromatic nitrogens is 2. The topological polar surface area (TPSA) is 94.3 Å². The molecule has 0 spiro atoms. The van der Waals surface area contributed by atoms with E-state index in [4.69, 9.17) is 5.26 Å². The molecular formula is C28H32N6O2. The Bertz CT molecular complexity index is 1200. The number of rotatable bonds is 9. The quantitative estimate of drug-likeness (QED) is 0.504. The summed E-state index contributed by atoms with van der Waals surface area (Å²) < 4.78 is 2.04. The first-order valence-electron chi connectivity index (χ1n) is 12.4. The maximum Gasteiger partial charge on any atom is 0.244 e. The van der Waals surface area contributed by atoms with E-state index in [0.717, 1.165) is 24.3 Å². The number of amides is 2. The Morgan fingerprint density at radius 2 is 1.81 bits per heavy atom. The zero-order chi connectivity index (χ0) is 25.3. The molecule has 1 aliphatic heterocycles. The molecule has 1 atom stereocenters. The Balaban J connectivity index is 1.35. The molecule has 0 bridgehead atoms. The number of nitrogens with zero attached hydrogens (tertiary/aromatic N) is 5. The fourth-order valence-electron chi connectivity index (χ4n) is 4.56. The normalized spacial score (nSPS) is 15.9. The van der Waals surface area contributed by atoms with Crippen LogP contribution in [0.25, 0.3) is 0 Å². The van der Waals surface area contributed by atoms with Crippen LogP contribution >= 0.6 is 0 Å². The van der Waals surface area contributed by atoms with Crippen molar-refractivity contribution in [2.75, 3.05) is 26.2 Å². The summed E-state index contributed by atoms with van der Waals surface area (Å²) in [4.78, 5) is 34.0. The highest BCUT2D eigenvalue weighted by molar-refractivity contribution is 5.88. The first-order chi connectivity index (χ1) is 17.6. The number of nitriles is 1. The van der Waals surface area contributed by atoms with Crippen LogP contribution in [0.15, 0.2) is 67.1 Å². The molecule has 1 N–H and O–H groups in total. The van der Waals surface area contributed by atoms with Gasteiger partial charge in [0.2, 0.25) is 11.8 Å². The van der Waals surface area contributed by atoms with Crippen LogP contribution in [0, 0.1) is 11.3 Å². The predicted molar refractivity (Wildman–Crippen MR) is 137 cm³/mol. The van der Waals surface area contributed by atoms with Gasteiger partial charge in [-0.05, 0) is 23.3 Å². The lowest BCUT2D eigenvalue weighted by molar-refractivity contribution is -0.143. The second-order valence-electron chi connectivity index (χ2n) is 9.04. The number of hydrogen-bond acceptors (Lipinski definition) is 5. The number of imidazole rings is 1. The molecule has 2 aromatic carbocycles. The van der Waals surface area contributed by atoms with Crippen molar-refractivity contribution in [2.24, 2.45) is 0 Å². The average molecular weight is 485 g/mol. The highest BCUT2D eigenvalue weighted by Gasteiger charge is 2.34. The fraction of sp³-hybridized carbons (Fsp3) is 0.357. The molecule has 2 amide bonds. The summed E-state index contributed by atoms with van der Waals surface area (Å²) in [5, 5.41) is 12.0. The Labute approximate surface area is 212 Å². The van der Waals surface area contributed by atoms with E-state index in [1.807, 2.05) is 48.0 Å². The predicted octanol–water partition coefficient (Wildman–Crippen LogP) is 2.58. The third-order valence-corrected chi connectivity index (χ3v) is 6.55. The molecule has 1 aromatic heterocycles. The van der Waals surface area contributed by atoms with Gasteiger partial charge in [0.1, 0.15) is 6.04 Å². The van der Waals surface area contributed by atoms with Gasteiger partial charge in [0.25, 0.3) is 0 Å². The summed E-state index contributed by atoms with van der Waals surface area (Å²) >= 11 is 0. The van der Waals surface area contributed by atoms with E-state index in [2.05, 4.69) is 33.4 Å². The lowest BCUT2D eigenvalue weighted by Crippen LogP contribution is -2.60. The molecule has 3 aromatic rings. The molecule has 1 aliphatic rings. The first kappa shape index (κ1) is 25.1. The average Bonchev–Trinajstić information content (AvgIpc) is 3.35. The number of benzene rings is 2. The summed E-state index contributed by atoms with van der Waals surface area (Å²) in [6.45, 7) is 5.51. The van der Waals surface area contributed by atoms with Crippen LogP contribution in [0.3, 0.4) is 0 Å². The molecular weight excluding hydrogens is 452 g/mol. The zero-order valence-electron chi connectivity index (χ0n) is 20.6. The summed E-state index contributed by atoms with van der Waals surface area (Å²) in [5.41, 5.74) is 3.91. The van der Waals surface area contributed by atoms with E-state index >= 15 is 0 Å². The van der Waals surface area contributed by atoms with Gasteiger partial charge in [-0.3, -0.25) is 14.5 Å². The number of carbonyl (C=O) groups excluding carboxylic acids is 2. The third kappa shape index (κ3) is 6.37. The van der Waals surface area contributed by atoms with Crippen LogP contribution in [-0.4, -0.2) is 63.4 Å². The van der Waals surface area contributed by atoms with Crippen LogP contribution in [0.4, 0.5) is 0 Å². The van der Waals surface area contributed by atoms with Gasteiger partial charge in [-0.1, -0.05) is 49.4 Å². The summed E-state index contributed by atoms with van der Waals surface area (Å²) in [7, 11) is 0. The van der Waals surface area contributed by atoms with Gasteiger partial charge in [-0.15, -0.1) is 0 Å². The molecule has 8 nitrogen and oxygen atoms in total. The minimum absolute atomic E-state index is 0.00926. The van der Waals surface area contributed by atoms with Crippen LogP contribution in [-0.2, 0) is 29.1 Å². The van der Waals surface area contributed by atoms with Gasteiger partial charge in [0.15, 0.2) is 0 Å². The van der Waals surface area contributed by atoms with Crippen molar-refractivity contribution >= 4 is 11.8 Å². The SMILES string of the molecule is CCC(=O)N1CCN(Cc2ccccc2)C[C@@H]1C(=O)NCCc1cncn1Cc1ccc(C#N)cc1. The standard InChI is InChI=1S/C28H32N6O2/c1-2-27(35)34-15-14-32(18-23-6-4-3-5-7-23)20-26(34)28(36)31-13-12-25-17-30-21-33(25)19-24-10-8-22(16-29)9-11-24/h3-11,17,21,26H,2,12-15,18-20H2,1H3,(H,31,36)/t26-/m1/s1. The maximum absolute atomic E-state index is 13.2. The first-order valence-corrected chi connectivity index (χ1v) is 12.4. The molecule has 0 unspecified atom stereocenters. The van der Waals surface area contributed by atoms with Gasteiger partial charge in [0, 0.05) is 64.0 Å². The summed E-state index contributed by atoms with van der Waals surface area (Å²) in [6, 6.07) is 19.3. The van der Waals surface area contributed by atoms with Crippen molar-refractivity contribution in [2.45, 2.75) is 38.9 Å². The molecule has 2 heterocycles. The Morgan fingerprint density at radius 1 is 1.06 bits per heavy atom. The van der Waals surface area contributed by atoms with Crippen molar-refractivity contribution in [1.29, 1.82) is 5.26 Å². The van der Waals surface area contributed by atoms with E-state index in [1.165, 1.54) is 5.56 Å². The summed E-state index contributed by atoms with van der Waals surface area (Å²) in [5.74, 6) is -0.109. The molecule has 4 rings (SSSR count). The van der Waals surface area contributed by atoms with Crippen LogP contribution < -0.4 is 5.32 Å². The minimum atomic E-state index is -0.501. The molecule has 186 valence electrons. The second kappa shape index (κ2) is 12.1. The number of piperazine rings is 1. The lowest BCUT2D eigenvalue weighted by Gasteiger charge is -2.40. The van der Waals surface area contributed by atoms with Gasteiger partial charge < -0.3 is 14.8 Å². The highest BCUT2D eigenvalue weighted by Crippen LogP contribution is 2.15. The monoisotopic (exact) mass is 484 g/mol. The van der Waals surface area contributed by atoms with E-state index in [-0.39, 0.29) is 11.8 Å². The van der Waals surface area contributed by atoms with Crippen molar-refractivity contribution in [1.82, 2.24) is 24.7 Å². The van der Waals surface area contributed by atoms with Crippen LogP contribution in [0.1, 0.15) is 35.7 Å². The zero-order valence-corrected chi connectivity index (χ0v) is 20.6. The van der Waals surface area contributed by atoms with Crippen molar-refractivity contribution in [3.05, 3.63) is 89.5 Å². The Morgan fingerprint density at radius 3 is 2.53 bits per heavy atom. The van der Waals surface area contributed by atoms with Gasteiger partial charge in [-0.25, -0.2) is 4.98 Å². The van der Waals surface area contributed by atoms with Crippen molar-refractivity contribution < 1.29 is 9.59 Å². The van der Waals surface area contributed by atoms with Crippen molar-refractivity contribution in [3.63, 3.8) is 0 Å². The van der Waals surface area contributed by atoms with E-state index in [0.29, 0.717) is 44.6 Å². The minimum Gasteiger partial charge on any atom is -0.354 e. The van der Waals surface area contributed by atoms with E-state index < -0.39 is 6.04 Å². The maximum atomic E-state index is 13.2. The molecule has 36 heavy (non-hydrogen) atoms. The molecule has 1 saturated heterocycles. The van der Waals surface area contributed by atoms with Crippen LogP contribution in [0.2, 0.25) is 0 Å². The van der Waals surface area contributed by atoms with E-state index in [1.54, 1.807) is 23.4 Å². The lowest BCUT2D eigenvalue weighted by atomic mass is 10.1. The number of hydrogen-bond donors (Lipinski definition) is 1. The fourth-order valence-corrected chi connectivity index (χ4v) is 4.56. The third-order valence-electron chi connectivity index (χ3n) is 6.55. The smallest absolute Gasteiger partial charge is 0.244 e. The van der Waals surface area contributed by atoms with Gasteiger partial charge in [-0.2, -0.15) is 5.26 Å². The van der Waals surface area contributed by atoms with Crippen molar-refractivity contribution in [3.8, 4) is 6.07 Å².